The van der Waals surface area contributed by atoms with Crippen molar-refractivity contribution < 1.29 is 17.9 Å². The number of unbranched alkanes of at least 4 members (excludes halogenated alkanes) is 2. The van der Waals surface area contributed by atoms with Crippen molar-refractivity contribution in [1.29, 1.82) is 0 Å². The SMILES string of the molecule is CCCCC/C([Se]c1ccccc1)=C(\C(CC(=O)c1ccc(OC)cc1)c1ccccc1)S(=O)(=O)c1ccc(C)cc1. The van der Waals surface area contributed by atoms with Gasteiger partial charge in [0.2, 0.25) is 0 Å². The van der Waals surface area contributed by atoms with Gasteiger partial charge in [-0.1, -0.05) is 0 Å². The van der Waals surface area contributed by atoms with E-state index >= 15 is 0 Å². The average Bonchev–Trinajstić information content (AvgIpc) is 3.01. The number of ketones is 1. The van der Waals surface area contributed by atoms with Gasteiger partial charge in [0, 0.05) is 0 Å². The van der Waals surface area contributed by atoms with Crippen LogP contribution in [0.1, 0.15) is 66.4 Å². The molecule has 6 heteroatoms. The molecule has 4 aromatic rings. The van der Waals surface area contributed by atoms with Crippen molar-refractivity contribution >= 4 is 35.0 Å². The first-order valence-corrected chi connectivity index (χ1v) is 17.5. The number of Topliss-reactive ketones (excluding diaryl/α,β-unsaturated/α-hetero) is 1. The van der Waals surface area contributed by atoms with Gasteiger partial charge in [-0.2, -0.15) is 0 Å². The predicted octanol–water partition coefficient (Wildman–Crippen LogP) is 7.66. The van der Waals surface area contributed by atoms with E-state index in [4.69, 9.17) is 4.74 Å². The first-order chi connectivity index (χ1) is 20.3. The van der Waals surface area contributed by atoms with Crippen molar-refractivity contribution in [2.45, 2.75) is 56.8 Å². The van der Waals surface area contributed by atoms with Crippen LogP contribution in [0, 0.1) is 6.92 Å². The van der Waals surface area contributed by atoms with Crippen LogP contribution in [0.15, 0.2) is 123 Å². The van der Waals surface area contributed by atoms with Gasteiger partial charge in [-0.3, -0.25) is 0 Å². The number of ether oxygens (including phenoxy) is 1. The summed E-state index contributed by atoms with van der Waals surface area (Å²) in [4.78, 5) is 14.5. The molecule has 0 aliphatic heterocycles. The summed E-state index contributed by atoms with van der Waals surface area (Å²) in [6, 6.07) is 33.8. The zero-order valence-electron chi connectivity index (χ0n) is 24.5. The molecule has 0 aliphatic carbocycles. The Morgan fingerprint density at radius 3 is 2.02 bits per heavy atom. The summed E-state index contributed by atoms with van der Waals surface area (Å²) in [6.45, 7) is 4.10. The molecule has 0 fully saturated rings. The molecular weight excluding hydrogens is 607 g/mol. The molecule has 0 N–H and O–H groups in total. The van der Waals surface area contributed by atoms with E-state index in [1.807, 2.05) is 67.6 Å². The van der Waals surface area contributed by atoms with Crippen molar-refractivity contribution in [1.82, 2.24) is 0 Å². The molecule has 0 aliphatic rings. The van der Waals surface area contributed by atoms with Gasteiger partial charge in [-0.15, -0.1) is 0 Å². The molecule has 1 unspecified atom stereocenters. The number of carbonyl (C=O) groups excluding carboxylic acids is 1. The van der Waals surface area contributed by atoms with Gasteiger partial charge in [-0.25, -0.2) is 0 Å². The molecule has 0 amide bonds. The third-order valence-electron chi connectivity index (χ3n) is 7.21. The maximum atomic E-state index is 14.7. The van der Waals surface area contributed by atoms with Gasteiger partial charge in [0.05, 0.1) is 0 Å². The van der Waals surface area contributed by atoms with Crippen LogP contribution in [-0.2, 0) is 9.84 Å². The molecule has 0 bridgehead atoms. The van der Waals surface area contributed by atoms with Gasteiger partial charge in [-0.05, 0) is 0 Å². The maximum absolute atomic E-state index is 14.7. The summed E-state index contributed by atoms with van der Waals surface area (Å²) in [5.74, 6) is -0.0741. The van der Waals surface area contributed by atoms with Crippen molar-refractivity contribution in [3.05, 3.63) is 135 Å². The van der Waals surface area contributed by atoms with Crippen molar-refractivity contribution in [2.75, 3.05) is 7.11 Å². The molecule has 1 atom stereocenters. The number of benzene rings is 4. The van der Waals surface area contributed by atoms with E-state index in [2.05, 4.69) is 19.1 Å². The fraction of sp³-hybridized carbons (Fsp3) is 0.250. The Morgan fingerprint density at radius 1 is 0.810 bits per heavy atom. The molecule has 4 rings (SSSR count). The molecule has 0 saturated heterocycles. The Bertz CT molecular complexity index is 1580. The fourth-order valence-electron chi connectivity index (χ4n) is 4.89. The van der Waals surface area contributed by atoms with Gasteiger partial charge in [0.25, 0.3) is 0 Å². The molecule has 0 heterocycles. The molecule has 218 valence electrons. The van der Waals surface area contributed by atoms with E-state index in [1.165, 1.54) is 0 Å². The first-order valence-electron chi connectivity index (χ1n) is 14.3. The zero-order valence-corrected chi connectivity index (χ0v) is 27.0. The van der Waals surface area contributed by atoms with E-state index in [0.717, 1.165) is 39.3 Å². The predicted molar refractivity (Wildman–Crippen MR) is 172 cm³/mol. The third kappa shape index (κ3) is 8.10. The molecule has 4 aromatic carbocycles. The van der Waals surface area contributed by atoms with E-state index < -0.39 is 15.8 Å². The second-order valence-electron chi connectivity index (χ2n) is 10.3. The third-order valence-corrected chi connectivity index (χ3v) is 12.0. The van der Waals surface area contributed by atoms with Crippen LogP contribution in [0.5, 0.6) is 5.75 Å². The monoisotopic (exact) mass is 646 g/mol. The standard InChI is InChI=1S/C36H38O4SSe/c1-4-5-8-17-35(42-32-15-11-7-12-16-32)36(41(38,39)31-24-18-27(2)19-25-31)33(28-13-9-6-10-14-28)26-34(37)29-20-22-30(40-3)23-21-29/h6-7,9-16,18-25,33H,4-5,8,17,26H2,1-3H3/b36-35-. The van der Waals surface area contributed by atoms with Crippen LogP contribution in [0.3, 0.4) is 0 Å². The van der Waals surface area contributed by atoms with Gasteiger partial charge >= 0.3 is 258 Å². The van der Waals surface area contributed by atoms with Gasteiger partial charge in [0.1, 0.15) is 0 Å². The quantitative estimate of drug-likeness (QED) is 0.0803. The summed E-state index contributed by atoms with van der Waals surface area (Å²) in [6.07, 6.45) is 3.64. The Labute approximate surface area is 256 Å². The van der Waals surface area contributed by atoms with Crippen LogP contribution in [0.2, 0.25) is 0 Å². The molecule has 42 heavy (non-hydrogen) atoms. The number of hydrogen-bond acceptors (Lipinski definition) is 4. The summed E-state index contributed by atoms with van der Waals surface area (Å²) in [5, 5.41) is 0. The molecule has 4 nitrogen and oxygen atoms in total. The summed E-state index contributed by atoms with van der Waals surface area (Å²) < 4.78 is 36.8. The number of methoxy groups -OCH3 is 1. The molecule has 0 radical (unpaired) electrons. The fourth-order valence-corrected chi connectivity index (χ4v) is 9.78. The number of hydrogen-bond donors (Lipinski definition) is 0. The summed E-state index contributed by atoms with van der Waals surface area (Å²) in [5.41, 5.74) is 2.34. The molecule has 0 spiro atoms. The van der Waals surface area contributed by atoms with Crippen LogP contribution in [0.4, 0.5) is 0 Å². The Hall–Kier alpha value is -3.44. The van der Waals surface area contributed by atoms with E-state index in [1.54, 1.807) is 43.5 Å². The Balaban J connectivity index is 1.94. The minimum atomic E-state index is -3.94. The minimum absolute atomic E-state index is 0.0406. The first kappa shape index (κ1) is 31.5. The number of rotatable bonds is 14. The summed E-state index contributed by atoms with van der Waals surface area (Å²) in [7, 11) is -2.35. The van der Waals surface area contributed by atoms with Crippen molar-refractivity contribution in [2.24, 2.45) is 0 Å². The Morgan fingerprint density at radius 2 is 1.43 bits per heavy atom. The normalized spacial score (nSPS) is 12.8. The molecule has 0 aromatic heterocycles. The van der Waals surface area contributed by atoms with E-state index in [9.17, 15) is 13.2 Å². The van der Waals surface area contributed by atoms with Gasteiger partial charge in [0.15, 0.2) is 0 Å². The van der Waals surface area contributed by atoms with E-state index in [0.29, 0.717) is 22.6 Å². The second kappa shape index (κ2) is 15.2. The number of sulfone groups is 1. The van der Waals surface area contributed by atoms with Crippen molar-refractivity contribution in [3.63, 3.8) is 0 Å². The zero-order chi connectivity index (χ0) is 30.0. The Kier molecular flexibility index (Phi) is 11.4. The average molecular weight is 646 g/mol. The molecule has 0 saturated carbocycles. The van der Waals surface area contributed by atoms with Crippen LogP contribution in [-0.4, -0.2) is 36.3 Å². The van der Waals surface area contributed by atoms with Gasteiger partial charge < -0.3 is 0 Å². The molecular formula is C36H38O4SSe. The van der Waals surface area contributed by atoms with Crippen LogP contribution in [0.25, 0.3) is 0 Å². The van der Waals surface area contributed by atoms with E-state index in [-0.39, 0.29) is 32.1 Å². The number of aryl methyl sites for hydroxylation is 1. The second-order valence-corrected chi connectivity index (χ2v) is 14.7. The topological polar surface area (TPSA) is 60.4 Å². The van der Waals surface area contributed by atoms with Crippen LogP contribution < -0.4 is 9.20 Å². The van der Waals surface area contributed by atoms with Crippen molar-refractivity contribution in [3.8, 4) is 5.75 Å². The van der Waals surface area contributed by atoms with Crippen LogP contribution >= 0.6 is 0 Å². The summed E-state index contributed by atoms with van der Waals surface area (Å²) >= 11 is -0.238. The number of allylic oxidation sites excluding steroid dienone is 2. The number of carbonyl (C=O) groups is 1.